The van der Waals surface area contributed by atoms with Crippen LogP contribution >= 0.6 is 0 Å². The minimum Gasteiger partial charge on any atom is -0.459 e. The molecule has 2 heteroatoms. The summed E-state index contributed by atoms with van der Waals surface area (Å²) in [6.45, 7) is 10.4. The van der Waals surface area contributed by atoms with Crippen LogP contribution in [0, 0.1) is 0 Å². The lowest BCUT2D eigenvalue weighted by molar-refractivity contribution is 0.430. The van der Waals surface area contributed by atoms with Crippen molar-refractivity contribution < 1.29 is 4.42 Å². The van der Waals surface area contributed by atoms with Gasteiger partial charge < -0.3 is 4.42 Å². The number of hydrogen-bond donors (Lipinski definition) is 0. The number of nitrogens with zero attached hydrogens (tertiary/aromatic N) is 1. The van der Waals surface area contributed by atoms with Gasteiger partial charge in [-0.1, -0.05) is 34.6 Å². The molecule has 0 N–H and O–H groups in total. The first-order valence-corrected chi connectivity index (χ1v) is 5.42. The quantitative estimate of drug-likeness (QED) is 0.645. The monoisotopic (exact) mass is 205 g/mol. The number of rotatable bonds is 0. The summed E-state index contributed by atoms with van der Waals surface area (Å²) in [5.74, 6) is 0.987. The Kier molecular flexibility index (Phi) is 3.51. The van der Waals surface area contributed by atoms with Crippen LogP contribution in [0.1, 0.15) is 40.4 Å². The van der Waals surface area contributed by atoms with E-state index in [9.17, 15) is 0 Å². The fourth-order valence-electron chi connectivity index (χ4n) is 1.24. The van der Waals surface area contributed by atoms with Crippen LogP contribution in [-0.4, -0.2) is 4.98 Å². The van der Waals surface area contributed by atoms with Crippen LogP contribution in [0.3, 0.4) is 0 Å². The van der Waals surface area contributed by atoms with Crippen molar-refractivity contribution in [3.05, 3.63) is 30.2 Å². The molecule has 0 saturated carbocycles. The van der Waals surface area contributed by atoms with Gasteiger partial charge in [0.2, 0.25) is 0 Å². The highest BCUT2D eigenvalue weighted by atomic mass is 16.3. The second-order valence-corrected chi connectivity index (χ2v) is 4.25. The maximum absolute atomic E-state index is 5.67. The Morgan fingerprint density at radius 1 is 1.20 bits per heavy atom. The van der Waals surface area contributed by atoms with E-state index in [-0.39, 0.29) is 5.41 Å². The summed E-state index contributed by atoms with van der Waals surface area (Å²) < 4.78 is 5.67. The van der Waals surface area contributed by atoms with E-state index >= 15 is 0 Å². The first-order chi connectivity index (χ1) is 7.07. The van der Waals surface area contributed by atoms with E-state index in [0.29, 0.717) is 0 Å². The molecule has 0 aliphatic carbocycles. The molecule has 82 valence electrons. The zero-order chi connectivity index (χ0) is 11.5. The lowest BCUT2D eigenvalue weighted by Gasteiger charge is -2.13. The van der Waals surface area contributed by atoms with Crippen molar-refractivity contribution in [2.45, 2.75) is 40.0 Å². The molecule has 0 aliphatic rings. The average molecular weight is 205 g/mol. The van der Waals surface area contributed by atoms with Crippen molar-refractivity contribution in [2.24, 2.45) is 0 Å². The molecule has 0 bridgehead atoms. The minimum atomic E-state index is 0.0562. The highest BCUT2D eigenvalue weighted by Crippen LogP contribution is 2.27. The first kappa shape index (κ1) is 11.8. The van der Waals surface area contributed by atoms with Crippen molar-refractivity contribution in [1.82, 2.24) is 4.98 Å². The van der Waals surface area contributed by atoms with Gasteiger partial charge in [-0.25, -0.2) is 0 Å². The Labute approximate surface area is 91.3 Å². The summed E-state index contributed by atoms with van der Waals surface area (Å²) in [6.07, 6.45) is 1.78. The van der Waals surface area contributed by atoms with E-state index in [1.807, 2.05) is 32.0 Å². The van der Waals surface area contributed by atoms with Crippen LogP contribution in [0.15, 0.2) is 28.8 Å². The second kappa shape index (κ2) is 4.47. The number of furan rings is 1. The third kappa shape index (κ3) is 2.58. The molecular weight excluding hydrogens is 186 g/mol. The summed E-state index contributed by atoms with van der Waals surface area (Å²) in [5, 5.41) is 0. The van der Waals surface area contributed by atoms with Crippen molar-refractivity contribution in [3.63, 3.8) is 0 Å². The highest BCUT2D eigenvalue weighted by Gasteiger charge is 2.18. The smallest absolute Gasteiger partial charge is 0.152 e. The van der Waals surface area contributed by atoms with Gasteiger partial charge in [-0.3, -0.25) is 4.98 Å². The molecule has 0 atom stereocenters. The van der Waals surface area contributed by atoms with E-state index in [2.05, 4.69) is 25.8 Å². The second-order valence-electron chi connectivity index (χ2n) is 4.25. The third-order valence-electron chi connectivity index (χ3n) is 2.03. The van der Waals surface area contributed by atoms with E-state index in [1.54, 1.807) is 6.20 Å². The molecule has 0 radical (unpaired) electrons. The van der Waals surface area contributed by atoms with Crippen LogP contribution in [-0.2, 0) is 5.41 Å². The Bertz CT molecular complexity index is 390. The number of pyridine rings is 1. The van der Waals surface area contributed by atoms with Gasteiger partial charge in [0.05, 0.1) is 0 Å². The molecule has 15 heavy (non-hydrogen) atoms. The SMILES string of the molecule is CC.CC(C)(C)c1cc2ncccc2o1. The van der Waals surface area contributed by atoms with Crippen molar-refractivity contribution in [2.75, 3.05) is 0 Å². The molecule has 2 nitrogen and oxygen atoms in total. The van der Waals surface area contributed by atoms with E-state index in [1.165, 1.54) is 0 Å². The van der Waals surface area contributed by atoms with E-state index < -0.39 is 0 Å². The predicted molar refractivity (Wildman–Crippen MR) is 64.1 cm³/mol. The van der Waals surface area contributed by atoms with Gasteiger partial charge in [0.1, 0.15) is 11.3 Å². The number of aromatic nitrogens is 1. The topological polar surface area (TPSA) is 26.0 Å². The number of fused-ring (bicyclic) bond motifs is 1. The molecule has 2 rings (SSSR count). The summed E-state index contributed by atoms with van der Waals surface area (Å²) in [5.41, 5.74) is 1.86. The average Bonchev–Trinajstić information content (AvgIpc) is 2.63. The predicted octanol–water partition coefficient (Wildman–Crippen LogP) is 4.15. The third-order valence-corrected chi connectivity index (χ3v) is 2.03. The summed E-state index contributed by atoms with van der Waals surface area (Å²) in [4.78, 5) is 4.22. The largest absolute Gasteiger partial charge is 0.459 e. The molecule has 0 aromatic carbocycles. The Hall–Kier alpha value is -1.31. The Morgan fingerprint density at radius 2 is 1.87 bits per heavy atom. The number of hydrogen-bond acceptors (Lipinski definition) is 2. The zero-order valence-electron chi connectivity index (χ0n) is 10.2. The van der Waals surface area contributed by atoms with Gasteiger partial charge in [-0.15, -0.1) is 0 Å². The molecule has 0 spiro atoms. The zero-order valence-corrected chi connectivity index (χ0v) is 10.2. The van der Waals surface area contributed by atoms with E-state index in [4.69, 9.17) is 4.42 Å². The Balaban J connectivity index is 0.000000531. The minimum absolute atomic E-state index is 0.0562. The molecule has 0 amide bonds. The van der Waals surface area contributed by atoms with Crippen LogP contribution in [0.25, 0.3) is 11.1 Å². The van der Waals surface area contributed by atoms with Gasteiger partial charge in [-0.05, 0) is 12.1 Å². The molecule has 0 aliphatic heterocycles. The van der Waals surface area contributed by atoms with Gasteiger partial charge in [-0.2, -0.15) is 0 Å². The van der Waals surface area contributed by atoms with Gasteiger partial charge >= 0.3 is 0 Å². The fraction of sp³-hybridized carbons (Fsp3) is 0.462. The molecule has 0 saturated heterocycles. The fourth-order valence-corrected chi connectivity index (χ4v) is 1.24. The molecule has 2 aromatic heterocycles. The molecule has 0 fully saturated rings. The van der Waals surface area contributed by atoms with Crippen LogP contribution in [0.5, 0.6) is 0 Å². The van der Waals surface area contributed by atoms with Crippen molar-refractivity contribution >= 4 is 11.1 Å². The maximum atomic E-state index is 5.67. The molecule has 2 heterocycles. The molecule has 2 aromatic rings. The van der Waals surface area contributed by atoms with Crippen LogP contribution in [0.2, 0.25) is 0 Å². The van der Waals surface area contributed by atoms with Crippen LogP contribution < -0.4 is 0 Å². The van der Waals surface area contributed by atoms with Gasteiger partial charge in [0.15, 0.2) is 5.58 Å². The molecule has 0 unspecified atom stereocenters. The lowest BCUT2D eigenvalue weighted by atomic mass is 9.93. The highest BCUT2D eigenvalue weighted by molar-refractivity contribution is 5.73. The van der Waals surface area contributed by atoms with Gasteiger partial charge in [0.25, 0.3) is 0 Å². The maximum Gasteiger partial charge on any atom is 0.152 e. The van der Waals surface area contributed by atoms with Gasteiger partial charge in [0, 0.05) is 17.7 Å². The van der Waals surface area contributed by atoms with Crippen molar-refractivity contribution in [3.8, 4) is 0 Å². The van der Waals surface area contributed by atoms with Crippen molar-refractivity contribution in [1.29, 1.82) is 0 Å². The standard InChI is InChI=1S/C11H13NO.C2H6/c1-11(2,3)10-7-8-9(13-10)5-4-6-12-8;1-2/h4-7H,1-3H3;1-2H3. The first-order valence-electron chi connectivity index (χ1n) is 5.42. The molecular formula is C13H19NO. The van der Waals surface area contributed by atoms with E-state index in [0.717, 1.165) is 16.9 Å². The summed E-state index contributed by atoms with van der Waals surface area (Å²) in [6, 6.07) is 5.84. The lowest BCUT2D eigenvalue weighted by Crippen LogP contribution is -2.08. The Morgan fingerprint density at radius 3 is 2.40 bits per heavy atom. The van der Waals surface area contributed by atoms with Crippen LogP contribution in [0.4, 0.5) is 0 Å². The normalized spacial score (nSPS) is 11.0. The summed E-state index contributed by atoms with van der Waals surface area (Å²) >= 11 is 0. The summed E-state index contributed by atoms with van der Waals surface area (Å²) in [7, 11) is 0.